The van der Waals surface area contributed by atoms with Crippen LogP contribution in [0, 0.1) is 5.92 Å². The van der Waals surface area contributed by atoms with Crippen LogP contribution in [0.25, 0.3) is 0 Å². The maximum atomic E-state index is 12.6. The number of ether oxygens (including phenoxy) is 1. The Morgan fingerprint density at radius 1 is 0.636 bits per heavy atom. The van der Waals surface area contributed by atoms with Crippen molar-refractivity contribution in [1.82, 2.24) is 0 Å². The molecule has 3 atom stereocenters. The van der Waals surface area contributed by atoms with Gasteiger partial charge in [0.05, 0.1) is 25.2 Å². The van der Waals surface area contributed by atoms with Crippen molar-refractivity contribution < 1.29 is 18.4 Å². The largest absolute Gasteiger partial charge is 0.405 e. The molecule has 1 fully saturated rings. The summed E-state index contributed by atoms with van der Waals surface area (Å²) in [7, 11) is -5.75. The van der Waals surface area contributed by atoms with Gasteiger partial charge in [-0.1, -0.05) is 163 Å². The molecule has 44 heavy (non-hydrogen) atoms. The molecule has 0 aromatic heterocycles. The standard InChI is InChI=1S/C38H46O4Si2/c1-37(2,3)43(31-19-11-7-12-20-31,32-21-13-8-14-22-32)41-29-35-36(30(27-39)28-40-35)42-44(38(4,5)6,33-23-15-9-16-24-33)34-25-17-10-18-26-34/h7-27,30,35-36H,28-29H2,1-6H3/t30-,35-,36+/m0/s1. The number of benzene rings is 4. The van der Waals surface area contributed by atoms with Crippen LogP contribution < -0.4 is 20.7 Å². The van der Waals surface area contributed by atoms with Crippen LogP contribution in [0.15, 0.2) is 121 Å². The van der Waals surface area contributed by atoms with E-state index in [0.717, 1.165) is 6.29 Å². The fourth-order valence-electron chi connectivity index (χ4n) is 6.99. The normalized spacial score (nSPS) is 19.5. The first-order valence-corrected chi connectivity index (χ1v) is 19.5. The van der Waals surface area contributed by atoms with E-state index in [1.807, 2.05) is 12.1 Å². The molecule has 0 amide bonds. The maximum absolute atomic E-state index is 12.6. The lowest BCUT2D eigenvalue weighted by molar-refractivity contribution is -0.112. The molecule has 1 aliphatic heterocycles. The summed E-state index contributed by atoms with van der Waals surface area (Å²) in [6.45, 7) is 14.3. The molecule has 0 bridgehead atoms. The van der Waals surface area contributed by atoms with Gasteiger partial charge in [0.1, 0.15) is 12.4 Å². The summed E-state index contributed by atoms with van der Waals surface area (Å²) in [5.41, 5.74) is 0. The molecule has 0 radical (unpaired) electrons. The molecule has 0 unspecified atom stereocenters. The average Bonchev–Trinajstić information content (AvgIpc) is 3.42. The summed E-state index contributed by atoms with van der Waals surface area (Å²) in [6, 6.07) is 42.5. The van der Waals surface area contributed by atoms with E-state index in [4.69, 9.17) is 13.6 Å². The van der Waals surface area contributed by atoms with Gasteiger partial charge >= 0.3 is 0 Å². The number of hydrogen-bond acceptors (Lipinski definition) is 4. The first-order chi connectivity index (χ1) is 21.0. The smallest absolute Gasteiger partial charge is 0.261 e. The van der Waals surface area contributed by atoms with Crippen LogP contribution in [-0.2, 0) is 18.4 Å². The van der Waals surface area contributed by atoms with Gasteiger partial charge in [0.2, 0.25) is 0 Å². The van der Waals surface area contributed by atoms with E-state index in [1.54, 1.807) is 0 Å². The SMILES string of the molecule is CC(C)(C)[Si](OC[C@@H]1OC[C@H](C=O)[C@H]1O[Si](c1ccccc1)(c1ccccc1)C(C)(C)C)(c1ccccc1)c1ccccc1. The summed E-state index contributed by atoms with van der Waals surface area (Å²) in [5.74, 6) is -0.385. The highest BCUT2D eigenvalue weighted by atomic mass is 28.4. The third-order valence-electron chi connectivity index (χ3n) is 9.08. The third kappa shape index (κ3) is 5.94. The highest BCUT2D eigenvalue weighted by molar-refractivity contribution is 7.00. The van der Waals surface area contributed by atoms with Gasteiger partial charge in [0.15, 0.2) is 0 Å². The predicted octanol–water partition coefficient (Wildman–Crippen LogP) is 5.72. The van der Waals surface area contributed by atoms with E-state index in [2.05, 4.69) is 151 Å². The summed E-state index contributed by atoms with van der Waals surface area (Å²) in [6.07, 6.45) is 0.177. The maximum Gasteiger partial charge on any atom is 0.261 e. The zero-order chi connectivity index (χ0) is 31.4. The number of rotatable bonds is 10. The Bertz CT molecular complexity index is 1400. The molecule has 1 heterocycles. The fourth-order valence-corrected chi connectivity index (χ4v) is 16.3. The van der Waals surface area contributed by atoms with E-state index in [1.165, 1.54) is 20.7 Å². The van der Waals surface area contributed by atoms with Crippen LogP contribution in [0.4, 0.5) is 0 Å². The van der Waals surface area contributed by atoms with Crippen molar-refractivity contribution >= 4 is 43.7 Å². The van der Waals surface area contributed by atoms with Gasteiger partial charge in [0.25, 0.3) is 16.6 Å². The Morgan fingerprint density at radius 2 is 1.00 bits per heavy atom. The number of aldehydes is 1. The van der Waals surface area contributed by atoms with Gasteiger partial charge in [-0.05, 0) is 30.8 Å². The van der Waals surface area contributed by atoms with Crippen molar-refractivity contribution in [3.05, 3.63) is 121 Å². The first kappa shape index (κ1) is 32.3. The van der Waals surface area contributed by atoms with Crippen molar-refractivity contribution in [3.8, 4) is 0 Å². The van der Waals surface area contributed by atoms with Crippen molar-refractivity contribution in [3.63, 3.8) is 0 Å². The van der Waals surface area contributed by atoms with Crippen molar-refractivity contribution in [1.29, 1.82) is 0 Å². The quantitative estimate of drug-likeness (QED) is 0.168. The minimum absolute atomic E-state index is 0.174. The van der Waals surface area contributed by atoms with Gasteiger partial charge in [-0.2, -0.15) is 0 Å². The van der Waals surface area contributed by atoms with Crippen molar-refractivity contribution in [2.75, 3.05) is 13.2 Å². The third-order valence-corrected chi connectivity index (χ3v) is 19.1. The lowest BCUT2D eigenvalue weighted by Crippen LogP contribution is -2.69. The van der Waals surface area contributed by atoms with E-state index < -0.39 is 28.8 Å². The number of carbonyl (C=O) groups excluding carboxylic acids is 1. The number of hydrogen-bond donors (Lipinski definition) is 0. The monoisotopic (exact) mass is 622 g/mol. The van der Waals surface area contributed by atoms with Gasteiger partial charge < -0.3 is 18.4 Å². The highest BCUT2D eigenvalue weighted by Gasteiger charge is 2.56. The Kier molecular flexibility index (Phi) is 9.59. The Morgan fingerprint density at radius 3 is 1.34 bits per heavy atom. The van der Waals surface area contributed by atoms with Crippen LogP contribution in [0.3, 0.4) is 0 Å². The van der Waals surface area contributed by atoms with E-state index in [0.29, 0.717) is 13.2 Å². The predicted molar refractivity (Wildman–Crippen MR) is 185 cm³/mol. The second-order valence-corrected chi connectivity index (χ2v) is 22.5. The molecule has 0 aliphatic carbocycles. The molecule has 4 nitrogen and oxygen atoms in total. The molecule has 0 saturated carbocycles. The minimum atomic E-state index is -2.94. The lowest BCUT2D eigenvalue weighted by atomic mass is 10.0. The first-order valence-electron chi connectivity index (χ1n) is 15.7. The molecule has 0 N–H and O–H groups in total. The second-order valence-electron chi connectivity index (χ2n) is 13.9. The molecular weight excluding hydrogens is 577 g/mol. The van der Waals surface area contributed by atoms with Crippen LogP contribution in [0.2, 0.25) is 10.1 Å². The molecule has 4 aromatic rings. The summed E-state index contributed by atoms with van der Waals surface area (Å²) in [4.78, 5) is 12.6. The molecular formula is C38H46O4Si2. The Hall–Kier alpha value is -3.14. The lowest BCUT2D eigenvalue weighted by Gasteiger charge is -2.46. The fraction of sp³-hybridized carbons (Fsp3) is 0.342. The molecule has 1 saturated heterocycles. The zero-order valence-electron chi connectivity index (χ0n) is 26.9. The zero-order valence-corrected chi connectivity index (χ0v) is 28.9. The van der Waals surface area contributed by atoms with Crippen LogP contribution in [0.5, 0.6) is 0 Å². The van der Waals surface area contributed by atoms with E-state index in [9.17, 15) is 4.79 Å². The summed E-state index contributed by atoms with van der Waals surface area (Å²) in [5, 5.41) is 4.40. The Labute approximate surface area is 265 Å². The van der Waals surface area contributed by atoms with Crippen molar-refractivity contribution in [2.45, 2.75) is 63.8 Å². The molecule has 6 heteroatoms. The van der Waals surface area contributed by atoms with Gasteiger partial charge in [-0.3, -0.25) is 0 Å². The van der Waals surface area contributed by atoms with Gasteiger partial charge in [0, 0.05) is 0 Å². The summed E-state index contributed by atoms with van der Waals surface area (Å²) >= 11 is 0. The van der Waals surface area contributed by atoms with Crippen LogP contribution >= 0.6 is 0 Å². The van der Waals surface area contributed by atoms with Crippen LogP contribution in [-0.4, -0.2) is 48.3 Å². The molecule has 230 valence electrons. The van der Waals surface area contributed by atoms with Gasteiger partial charge in [-0.15, -0.1) is 0 Å². The van der Waals surface area contributed by atoms with E-state index in [-0.39, 0.29) is 16.0 Å². The molecule has 4 aromatic carbocycles. The topological polar surface area (TPSA) is 44.8 Å². The van der Waals surface area contributed by atoms with Gasteiger partial charge in [-0.25, -0.2) is 0 Å². The highest BCUT2D eigenvalue weighted by Crippen LogP contribution is 2.41. The molecule has 1 aliphatic rings. The molecule has 5 rings (SSSR count). The number of carbonyl (C=O) groups is 1. The summed E-state index contributed by atoms with van der Waals surface area (Å²) < 4.78 is 21.3. The van der Waals surface area contributed by atoms with E-state index >= 15 is 0 Å². The average molecular weight is 623 g/mol. The second kappa shape index (κ2) is 13.1. The Balaban J connectivity index is 1.59. The van der Waals surface area contributed by atoms with Crippen molar-refractivity contribution in [2.24, 2.45) is 5.92 Å². The molecule has 0 spiro atoms. The minimum Gasteiger partial charge on any atom is -0.405 e. The van der Waals surface area contributed by atoms with Crippen LogP contribution in [0.1, 0.15) is 41.5 Å².